The van der Waals surface area contributed by atoms with Crippen molar-refractivity contribution >= 4 is 35.1 Å². The predicted octanol–water partition coefficient (Wildman–Crippen LogP) is 7.36. The van der Waals surface area contributed by atoms with Crippen LogP contribution in [-0.4, -0.2) is 42.1 Å². The van der Waals surface area contributed by atoms with Gasteiger partial charge in [-0.05, 0) is 110 Å². The molecule has 3 aliphatic rings. The smallest absolute Gasteiger partial charge is 0.261 e. The number of anilines is 1. The molecule has 1 amide bonds. The molecule has 0 bridgehead atoms. The van der Waals surface area contributed by atoms with Crippen molar-refractivity contribution in [3.05, 3.63) is 83.4 Å². The van der Waals surface area contributed by atoms with Gasteiger partial charge in [0, 0.05) is 34.3 Å². The Kier molecular flexibility index (Phi) is 9.42. The van der Waals surface area contributed by atoms with Crippen molar-refractivity contribution in [1.82, 2.24) is 4.72 Å². The second kappa shape index (κ2) is 12.8. The Morgan fingerprint density at radius 2 is 2.10 bits per heavy atom. The zero-order valence-corrected chi connectivity index (χ0v) is 25.9. The Labute approximate surface area is 254 Å². The molecule has 0 unspecified atom stereocenters. The lowest BCUT2D eigenvalue weighted by molar-refractivity contribution is 0.0460. The van der Waals surface area contributed by atoms with Crippen LogP contribution in [0.15, 0.2) is 61.7 Å². The lowest BCUT2D eigenvalue weighted by Gasteiger charge is -2.45. The number of hydrogen-bond donors (Lipinski definition) is 2. The highest BCUT2D eigenvalue weighted by Gasteiger charge is 2.44. The molecule has 1 aliphatic heterocycles. The van der Waals surface area contributed by atoms with Crippen LogP contribution in [0.5, 0.6) is 5.75 Å². The monoisotopic (exact) mass is 594 g/mol. The molecule has 0 radical (unpaired) electrons. The minimum absolute atomic E-state index is 0.101. The number of ether oxygens (including phenoxy) is 1. The summed E-state index contributed by atoms with van der Waals surface area (Å²) in [5, 5.41) is 11.6. The van der Waals surface area contributed by atoms with Gasteiger partial charge in [0.1, 0.15) is 5.75 Å². The van der Waals surface area contributed by atoms with E-state index in [2.05, 4.69) is 48.8 Å². The molecule has 220 valence electrons. The van der Waals surface area contributed by atoms with Crippen LogP contribution in [0.4, 0.5) is 5.69 Å². The Hall–Kier alpha value is -2.41. The van der Waals surface area contributed by atoms with Crippen LogP contribution < -0.4 is 14.4 Å². The summed E-state index contributed by atoms with van der Waals surface area (Å²) in [4.78, 5) is 15.7. The van der Waals surface area contributed by atoms with Crippen LogP contribution in [0.3, 0.4) is 0 Å². The topological polar surface area (TPSA) is 61.8 Å². The van der Waals surface area contributed by atoms with Gasteiger partial charge >= 0.3 is 0 Å². The third-order valence-corrected chi connectivity index (χ3v) is 11.0. The summed E-state index contributed by atoms with van der Waals surface area (Å²) >= 11 is 7.87. The van der Waals surface area contributed by atoms with E-state index < -0.39 is 6.10 Å². The van der Waals surface area contributed by atoms with Crippen LogP contribution in [0.1, 0.15) is 67.4 Å². The van der Waals surface area contributed by atoms with E-state index in [1.165, 1.54) is 23.1 Å². The molecule has 1 heterocycles. The summed E-state index contributed by atoms with van der Waals surface area (Å²) in [6, 6.07) is 12.1. The van der Waals surface area contributed by atoms with Gasteiger partial charge in [-0.15, -0.1) is 13.2 Å². The highest BCUT2D eigenvalue weighted by atomic mass is 35.5. The van der Waals surface area contributed by atoms with Crippen LogP contribution in [-0.2, 0) is 11.8 Å². The number of rotatable bonds is 10. The molecule has 2 aromatic carbocycles. The second-order valence-corrected chi connectivity index (χ2v) is 13.9. The molecule has 5 rings (SSSR count). The first-order valence-corrected chi connectivity index (χ1v) is 16.2. The van der Waals surface area contributed by atoms with E-state index in [9.17, 15) is 9.90 Å². The molecule has 2 N–H and O–H groups in total. The minimum atomic E-state index is -0.498. The number of benzene rings is 2. The maximum absolute atomic E-state index is 13.3. The zero-order valence-electron chi connectivity index (χ0n) is 24.3. The summed E-state index contributed by atoms with van der Waals surface area (Å²) < 4.78 is 9.66. The summed E-state index contributed by atoms with van der Waals surface area (Å²) in [5.41, 5.74) is 4.02. The van der Waals surface area contributed by atoms with Gasteiger partial charge < -0.3 is 14.7 Å². The molecule has 1 saturated carbocycles. The number of aliphatic hydroxyl groups excluding tert-OH is 1. The van der Waals surface area contributed by atoms with Crippen molar-refractivity contribution in [2.24, 2.45) is 17.8 Å². The fraction of sp³-hybridized carbons (Fsp3) is 0.500. The fourth-order valence-corrected chi connectivity index (χ4v) is 7.71. The first-order valence-electron chi connectivity index (χ1n) is 14.9. The average Bonchev–Trinajstić information content (AvgIpc) is 3.10. The van der Waals surface area contributed by atoms with Crippen LogP contribution >= 0.6 is 23.5 Å². The number of aliphatic hydroxyl groups is 1. The van der Waals surface area contributed by atoms with Gasteiger partial charge in [-0.25, -0.2) is 0 Å². The van der Waals surface area contributed by atoms with Crippen molar-refractivity contribution in [1.29, 1.82) is 0 Å². The Morgan fingerprint density at radius 1 is 1.27 bits per heavy atom. The molecule has 41 heavy (non-hydrogen) atoms. The Balaban J connectivity index is 1.44. The van der Waals surface area contributed by atoms with Crippen molar-refractivity contribution in [3.8, 4) is 5.75 Å². The lowest BCUT2D eigenvalue weighted by atomic mass is 9.68. The molecular weight excluding hydrogens is 552 g/mol. The quantitative estimate of drug-likeness (QED) is 0.222. The molecule has 2 aromatic rings. The SMILES string of the molecule is C=CC[C@H](C)[C@@H](C)SNC(=O)c1ccc2c(c1)N(C[C@@H]1CC[C@H]1[C@@H](O)C=C)C[C@@]1(CCCc3cc(Cl)ccc31)CO2. The van der Waals surface area contributed by atoms with Gasteiger partial charge in [0.25, 0.3) is 5.91 Å². The van der Waals surface area contributed by atoms with Gasteiger partial charge in [0.2, 0.25) is 0 Å². The van der Waals surface area contributed by atoms with E-state index in [-0.39, 0.29) is 22.5 Å². The molecule has 7 heteroatoms. The lowest BCUT2D eigenvalue weighted by Crippen LogP contribution is -2.49. The van der Waals surface area contributed by atoms with E-state index in [0.29, 0.717) is 24.0 Å². The van der Waals surface area contributed by atoms with Crippen LogP contribution in [0, 0.1) is 17.8 Å². The zero-order chi connectivity index (χ0) is 29.1. The molecular formula is C34H43ClN2O3S. The normalized spacial score (nSPS) is 25.4. The fourth-order valence-electron chi connectivity index (χ4n) is 6.76. The number of amides is 1. The summed E-state index contributed by atoms with van der Waals surface area (Å²) in [6.45, 7) is 14.1. The third kappa shape index (κ3) is 6.35. The number of halogens is 1. The number of aryl methyl sites for hydroxylation is 1. The Morgan fingerprint density at radius 3 is 2.83 bits per heavy atom. The van der Waals surface area contributed by atoms with Gasteiger partial charge in [0.05, 0.1) is 18.4 Å². The number of carbonyl (C=O) groups is 1. The minimum Gasteiger partial charge on any atom is -0.490 e. The van der Waals surface area contributed by atoms with Gasteiger partial charge in [-0.3, -0.25) is 9.52 Å². The van der Waals surface area contributed by atoms with E-state index in [1.807, 2.05) is 30.3 Å². The maximum atomic E-state index is 13.3. The van der Waals surface area contributed by atoms with Crippen molar-refractivity contribution in [2.45, 2.75) is 69.1 Å². The number of hydrogen-bond acceptors (Lipinski definition) is 5. The summed E-state index contributed by atoms with van der Waals surface area (Å²) in [5.74, 6) is 1.67. The second-order valence-electron chi connectivity index (χ2n) is 12.3. The molecule has 1 fully saturated rings. The maximum Gasteiger partial charge on any atom is 0.261 e. The molecule has 6 atom stereocenters. The first kappa shape index (κ1) is 30.1. The summed E-state index contributed by atoms with van der Waals surface area (Å²) in [6.07, 6.45) is 9.20. The van der Waals surface area contributed by atoms with Crippen LogP contribution in [0.25, 0.3) is 0 Å². The molecule has 1 spiro atoms. The molecule has 0 aromatic heterocycles. The number of carbonyl (C=O) groups excluding carboxylic acids is 1. The van der Waals surface area contributed by atoms with E-state index in [0.717, 1.165) is 68.1 Å². The number of fused-ring (bicyclic) bond motifs is 3. The number of nitrogens with zero attached hydrogens (tertiary/aromatic N) is 1. The van der Waals surface area contributed by atoms with E-state index >= 15 is 0 Å². The van der Waals surface area contributed by atoms with Gasteiger partial charge in [-0.1, -0.05) is 43.7 Å². The van der Waals surface area contributed by atoms with E-state index in [4.69, 9.17) is 16.3 Å². The van der Waals surface area contributed by atoms with Gasteiger partial charge in [0.15, 0.2) is 0 Å². The number of allylic oxidation sites excluding steroid dienone is 1. The highest BCUT2D eigenvalue weighted by molar-refractivity contribution is 7.98. The first-order chi connectivity index (χ1) is 19.7. The standard InChI is InChI=1S/C34H43ClN2O3S/c1-5-8-22(3)23(4)41-36-33(39)25-11-15-32-30(18-25)37(19-26-10-13-28(26)31(38)6-2)20-34(21-40-32)16-7-9-24-17-27(35)12-14-29(24)34/h5-6,11-12,14-15,17-18,22-23,26,28,31,38H,1-2,7-10,13,16,19-21H2,3-4H3,(H,36,39)/t22-,23+,26-,28+,31-,34-/m0/s1. The van der Waals surface area contributed by atoms with E-state index in [1.54, 1.807) is 6.08 Å². The Bertz CT molecular complexity index is 1280. The summed E-state index contributed by atoms with van der Waals surface area (Å²) in [7, 11) is 0. The highest BCUT2D eigenvalue weighted by Crippen LogP contribution is 2.46. The third-order valence-electron chi connectivity index (χ3n) is 9.59. The van der Waals surface area contributed by atoms with Gasteiger partial charge in [-0.2, -0.15) is 0 Å². The molecule has 0 saturated heterocycles. The van der Waals surface area contributed by atoms with Crippen molar-refractivity contribution in [3.63, 3.8) is 0 Å². The van der Waals surface area contributed by atoms with Crippen molar-refractivity contribution in [2.75, 3.05) is 24.6 Å². The average molecular weight is 595 g/mol. The largest absolute Gasteiger partial charge is 0.490 e. The predicted molar refractivity (Wildman–Crippen MR) is 171 cm³/mol. The van der Waals surface area contributed by atoms with Crippen molar-refractivity contribution < 1.29 is 14.6 Å². The number of nitrogens with one attached hydrogen (secondary N) is 1. The van der Waals surface area contributed by atoms with Crippen LogP contribution in [0.2, 0.25) is 5.02 Å². The molecule has 2 aliphatic carbocycles. The molecule has 5 nitrogen and oxygen atoms in total.